The Bertz CT molecular complexity index is 690. The number of nitrogens with zero attached hydrogens (tertiary/aromatic N) is 1. The zero-order valence-corrected chi connectivity index (χ0v) is 12.4. The molecule has 22 heavy (non-hydrogen) atoms. The molecule has 0 unspecified atom stereocenters. The summed E-state index contributed by atoms with van der Waals surface area (Å²) in [6, 6.07) is 10.4. The normalized spacial score (nSPS) is 11.7. The molecule has 2 rings (SSSR count). The van der Waals surface area contributed by atoms with Gasteiger partial charge < -0.3 is 4.74 Å². The van der Waals surface area contributed by atoms with Crippen molar-refractivity contribution in [1.29, 1.82) is 0 Å². The Labute approximate surface area is 134 Å². The summed E-state index contributed by atoms with van der Waals surface area (Å²) < 4.78 is 40.8. The van der Waals surface area contributed by atoms with Crippen LogP contribution in [0.1, 0.15) is 5.56 Å². The van der Waals surface area contributed by atoms with E-state index < -0.39 is 6.36 Å². The number of ether oxygens (including phenoxy) is 1. The monoisotopic (exact) mass is 348 g/mol. The van der Waals surface area contributed by atoms with E-state index in [2.05, 4.69) is 15.3 Å². The van der Waals surface area contributed by atoms with Crippen LogP contribution in [0.2, 0.25) is 10.0 Å². The number of anilines is 1. The van der Waals surface area contributed by atoms with Crippen molar-refractivity contribution in [3.8, 4) is 5.75 Å². The summed E-state index contributed by atoms with van der Waals surface area (Å²) in [7, 11) is 0. The van der Waals surface area contributed by atoms with Crippen molar-refractivity contribution in [2.24, 2.45) is 5.10 Å². The van der Waals surface area contributed by atoms with E-state index >= 15 is 0 Å². The highest BCUT2D eigenvalue weighted by Gasteiger charge is 2.31. The molecule has 8 heteroatoms. The maximum atomic E-state index is 12.3. The molecule has 116 valence electrons. The molecule has 3 nitrogen and oxygen atoms in total. The first kappa shape index (κ1) is 16.5. The van der Waals surface area contributed by atoms with Gasteiger partial charge in [0.15, 0.2) is 0 Å². The summed E-state index contributed by atoms with van der Waals surface area (Å²) in [6.07, 6.45) is -3.55. The predicted molar refractivity (Wildman–Crippen MR) is 80.8 cm³/mol. The molecule has 0 heterocycles. The van der Waals surface area contributed by atoms with Crippen LogP contribution in [0.3, 0.4) is 0 Å². The molecule has 0 saturated heterocycles. The summed E-state index contributed by atoms with van der Waals surface area (Å²) in [5.74, 6) is -0.338. The van der Waals surface area contributed by atoms with Gasteiger partial charge in [-0.3, -0.25) is 5.43 Å². The van der Waals surface area contributed by atoms with E-state index in [0.717, 1.165) is 0 Å². The first-order valence-electron chi connectivity index (χ1n) is 5.94. The number of benzene rings is 2. The quantitative estimate of drug-likeness (QED) is 0.597. The molecule has 0 bridgehead atoms. The fourth-order valence-corrected chi connectivity index (χ4v) is 1.84. The van der Waals surface area contributed by atoms with Gasteiger partial charge in [-0.15, -0.1) is 13.2 Å². The third-order valence-electron chi connectivity index (χ3n) is 2.46. The van der Waals surface area contributed by atoms with Crippen LogP contribution >= 0.6 is 23.2 Å². The SMILES string of the molecule is FC(F)(F)Oc1ccccc1/C=N/Nc1ccc(Cl)c(Cl)c1. The summed E-state index contributed by atoms with van der Waals surface area (Å²) in [6.45, 7) is 0. The summed E-state index contributed by atoms with van der Waals surface area (Å²) in [5, 5.41) is 4.57. The fourth-order valence-electron chi connectivity index (χ4n) is 1.55. The van der Waals surface area contributed by atoms with Crippen molar-refractivity contribution in [2.45, 2.75) is 6.36 Å². The maximum absolute atomic E-state index is 12.3. The number of alkyl halides is 3. The molecule has 0 saturated carbocycles. The molecule has 0 fully saturated rings. The minimum Gasteiger partial charge on any atom is -0.405 e. The van der Waals surface area contributed by atoms with Crippen LogP contribution in [0.15, 0.2) is 47.6 Å². The average Bonchev–Trinajstić information content (AvgIpc) is 2.43. The predicted octanol–water partition coefficient (Wildman–Crippen LogP) is 5.34. The van der Waals surface area contributed by atoms with Crippen molar-refractivity contribution in [3.05, 3.63) is 58.1 Å². The van der Waals surface area contributed by atoms with E-state index in [4.69, 9.17) is 23.2 Å². The second-order valence-electron chi connectivity index (χ2n) is 4.08. The number of hydrazone groups is 1. The van der Waals surface area contributed by atoms with E-state index in [0.29, 0.717) is 15.7 Å². The minimum atomic E-state index is -4.76. The molecule has 0 amide bonds. The number of nitrogens with one attached hydrogen (secondary N) is 1. The van der Waals surface area contributed by atoms with E-state index in [1.807, 2.05) is 0 Å². The highest BCUT2D eigenvalue weighted by Crippen LogP contribution is 2.26. The fraction of sp³-hybridized carbons (Fsp3) is 0.0714. The van der Waals surface area contributed by atoms with Gasteiger partial charge >= 0.3 is 6.36 Å². The van der Waals surface area contributed by atoms with Crippen LogP contribution in [0.4, 0.5) is 18.9 Å². The summed E-state index contributed by atoms with van der Waals surface area (Å²) in [4.78, 5) is 0. The van der Waals surface area contributed by atoms with Gasteiger partial charge in [-0.2, -0.15) is 5.10 Å². The van der Waals surface area contributed by atoms with Gasteiger partial charge in [0, 0.05) is 5.56 Å². The van der Waals surface area contributed by atoms with Gasteiger partial charge in [-0.1, -0.05) is 35.3 Å². The van der Waals surface area contributed by atoms with E-state index in [1.54, 1.807) is 24.3 Å². The number of halogens is 5. The third-order valence-corrected chi connectivity index (χ3v) is 3.20. The van der Waals surface area contributed by atoms with E-state index in [1.165, 1.54) is 24.4 Å². The molecule has 0 spiro atoms. The highest BCUT2D eigenvalue weighted by molar-refractivity contribution is 6.42. The number of hydrogen-bond acceptors (Lipinski definition) is 3. The maximum Gasteiger partial charge on any atom is 0.573 e. The van der Waals surface area contributed by atoms with Gasteiger partial charge in [0.25, 0.3) is 0 Å². The molecule has 2 aromatic rings. The van der Waals surface area contributed by atoms with Crippen molar-refractivity contribution >= 4 is 35.1 Å². The second-order valence-corrected chi connectivity index (χ2v) is 4.90. The molecule has 0 radical (unpaired) electrons. The third kappa shape index (κ3) is 4.82. The van der Waals surface area contributed by atoms with Crippen LogP contribution in [0.5, 0.6) is 5.75 Å². The molecule has 0 aliphatic carbocycles. The van der Waals surface area contributed by atoms with E-state index in [-0.39, 0.29) is 11.3 Å². The van der Waals surface area contributed by atoms with E-state index in [9.17, 15) is 13.2 Å². The second kappa shape index (κ2) is 6.89. The van der Waals surface area contributed by atoms with Gasteiger partial charge in [0.2, 0.25) is 0 Å². The first-order valence-corrected chi connectivity index (χ1v) is 6.69. The number of hydrogen-bond donors (Lipinski definition) is 1. The Morgan fingerprint density at radius 1 is 1.05 bits per heavy atom. The lowest BCUT2D eigenvalue weighted by Gasteiger charge is -2.10. The molecular formula is C14H9Cl2F3N2O. The summed E-state index contributed by atoms with van der Waals surface area (Å²) >= 11 is 11.6. The van der Waals surface area contributed by atoms with Crippen LogP contribution in [0, 0.1) is 0 Å². The van der Waals surface area contributed by atoms with Crippen molar-refractivity contribution < 1.29 is 17.9 Å². The molecule has 0 aliphatic rings. The standard InChI is InChI=1S/C14H9Cl2F3N2O/c15-11-6-5-10(7-12(11)16)21-20-8-9-3-1-2-4-13(9)22-14(17,18)19/h1-8,21H/b20-8+. The number of para-hydroxylation sites is 1. The van der Waals surface area contributed by atoms with Gasteiger partial charge in [-0.25, -0.2) is 0 Å². The summed E-state index contributed by atoms with van der Waals surface area (Å²) in [5.41, 5.74) is 3.36. The highest BCUT2D eigenvalue weighted by atomic mass is 35.5. The van der Waals surface area contributed by atoms with Crippen LogP contribution < -0.4 is 10.2 Å². The van der Waals surface area contributed by atoms with Crippen LogP contribution in [-0.2, 0) is 0 Å². The lowest BCUT2D eigenvalue weighted by Crippen LogP contribution is -2.18. The zero-order chi connectivity index (χ0) is 16.2. The molecule has 0 aliphatic heterocycles. The van der Waals surface area contributed by atoms with Crippen molar-refractivity contribution in [1.82, 2.24) is 0 Å². The van der Waals surface area contributed by atoms with Gasteiger partial charge in [-0.05, 0) is 30.3 Å². The Hall–Kier alpha value is -1.92. The van der Waals surface area contributed by atoms with Crippen LogP contribution in [-0.4, -0.2) is 12.6 Å². The number of rotatable bonds is 4. The zero-order valence-electron chi connectivity index (χ0n) is 10.9. The average molecular weight is 349 g/mol. The Balaban J connectivity index is 2.11. The minimum absolute atomic E-state index is 0.174. The molecule has 2 aromatic carbocycles. The van der Waals surface area contributed by atoms with Crippen LogP contribution in [0.25, 0.3) is 0 Å². The molecule has 0 aromatic heterocycles. The molecule has 1 N–H and O–H groups in total. The topological polar surface area (TPSA) is 33.6 Å². The Morgan fingerprint density at radius 2 is 1.77 bits per heavy atom. The Kier molecular flexibility index (Phi) is 5.15. The van der Waals surface area contributed by atoms with Gasteiger partial charge in [0.05, 0.1) is 21.9 Å². The smallest absolute Gasteiger partial charge is 0.405 e. The first-order chi connectivity index (χ1) is 10.3. The van der Waals surface area contributed by atoms with Crippen molar-refractivity contribution in [2.75, 3.05) is 5.43 Å². The molecular weight excluding hydrogens is 340 g/mol. The lowest BCUT2D eigenvalue weighted by atomic mass is 10.2. The lowest BCUT2D eigenvalue weighted by molar-refractivity contribution is -0.274. The molecule has 0 atom stereocenters. The van der Waals surface area contributed by atoms with Crippen molar-refractivity contribution in [3.63, 3.8) is 0 Å². The largest absolute Gasteiger partial charge is 0.573 e. The Morgan fingerprint density at radius 3 is 2.45 bits per heavy atom. The van der Waals surface area contributed by atoms with Gasteiger partial charge in [0.1, 0.15) is 5.75 Å².